The molecule has 1 saturated heterocycles. The van der Waals surface area contributed by atoms with E-state index in [4.69, 9.17) is 16.6 Å². The van der Waals surface area contributed by atoms with Crippen molar-refractivity contribution in [1.29, 1.82) is 0 Å². The Balaban J connectivity index is 1.40. The summed E-state index contributed by atoms with van der Waals surface area (Å²) in [6.07, 6.45) is 3.22. The number of aryl methyl sites for hydroxylation is 1. The third kappa shape index (κ3) is 3.96. The number of rotatable bonds is 5. The first-order valence-electron chi connectivity index (χ1n) is 10.9. The van der Waals surface area contributed by atoms with Gasteiger partial charge in [-0.3, -0.25) is 4.21 Å². The average molecular weight is 464 g/mol. The molecule has 5 rings (SSSR count). The maximum Gasteiger partial charge on any atom is 0.145 e. The Morgan fingerprint density at radius 3 is 2.74 bits per heavy atom. The first kappa shape index (κ1) is 21.2. The normalized spacial score (nSPS) is 26.9. The summed E-state index contributed by atoms with van der Waals surface area (Å²) in [5, 5.41) is 14.0. The van der Waals surface area contributed by atoms with Crippen molar-refractivity contribution in [2.75, 3.05) is 35.7 Å². The molecule has 0 bridgehead atoms. The average Bonchev–Trinajstić information content (AvgIpc) is 3.12. The lowest BCUT2D eigenvalue weighted by atomic mass is 9.77. The molecule has 8 heteroatoms. The highest BCUT2D eigenvalue weighted by Gasteiger charge is 2.39. The number of alkyl halides is 1. The molecule has 3 heterocycles. The smallest absolute Gasteiger partial charge is 0.145 e. The molecule has 3 aliphatic rings. The summed E-state index contributed by atoms with van der Waals surface area (Å²) < 4.78 is 27.8. The fourth-order valence-corrected chi connectivity index (χ4v) is 6.44. The number of nitrogens with one attached hydrogen (secondary N) is 1. The molecule has 1 aliphatic carbocycles. The molecule has 31 heavy (non-hydrogen) atoms. The molecule has 2 N–H and O–H groups in total. The number of nitrogens with zero attached hydrogens (tertiary/aromatic N) is 2. The van der Waals surface area contributed by atoms with Crippen LogP contribution in [0.2, 0.25) is 5.02 Å². The molecule has 3 atom stereocenters. The van der Waals surface area contributed by atoms with Crippen LogP contribution in [0.25, 0.3) is 0 Å². The van der Waals surface area contributed by atoms with Crippen LogP contribution in [-0.4, -0.2) is 51.5 Å². The highest BCUT2D eigenvalue weighted by atomic mass is 35.5. The fourth-order valence-electron chi connectivity index (χ4n) is 4.94. The Morgan fingerprint density at radius 2 is 2.10 bits per heavy atom. The molecular formula is C23H27ClFN3O2S. The van der Waals surface area contributed by atoms with Crippen LogP contribution in [0.4, 0.5) is 16.0 Å². The van der Waals surface area contributed by atoms with Crippen LogP contribution in [0.1, 0.15) is 42.7 Å². The number of anilines is 2. The van der Waals surface area contributed by atoms with Gasteiger partial charge in [-0.2, -0.15) is 0 Å². The van der Waals surface area contributed by atoms with E-state index in [0.29, 0.717) is 29.6 Å². The van der Waals surface area contributed by atoms with E-state index >= 15 is 4.39 Å². The van der Waals surface area contributed by atoms with Gasteiger partial charge in [0.05, 0.1) is 34.4 Å². The zero-order valence-electron chi connectivity index (χ0n) is 17.3. The van der Waals surface area contributed by atoms with Gasteiger partial charge in [0.1, 0.15) is 17.8 Å². The number of hydrogen-bond acceptors (Lipinski definition) is 5. The standard InChI is InChI=1S/C23H27ClFN3O2S/c24-17-4-2-15(3-5-17)18-6-10-28(13-19(18)25)20-12-16-7-11-31(30)21(16)22(26-20)27-23(14-29)8-1-9-23/h2-5,12,18-19,29H,1,6-11,13-14H2,(H,26,27). The number of aromatic nitrogens is 1. The number of halogens is 2. The first-order chi connectivity index (χ1) is 15.0. The van der Waals surface area contributed by atoms with Crippen LogP contribution in [0.3, 0.4) is 0 Å². The predicted molar refractivity (Wildman–Crippen MR) is 122 cm³/mol. The number of pyridine rings is 1. The van der Waals surface area contributed by atoms with Gasteiger partial charge in [0.15, 0.2) is 0 Å². The number of piperidine rings is 1. The minimum atomic E-state index is -1.09. The second-order valence-corrected chi connectivity index (χ2v) is 10.9. The van der Waals surface area contributed by atoms with Crippen molar-refractivity contribution in [3.63, 3.8) is 0 Å². The maximum atomic E-state index is 15.2. The number of hydrogen-bond donors (Lipinski definition) is 2. The lowest BCUT2D eigenvalue weighted by molar-refractivity contribution is 0.143. The van der Waals surface area contributed by atoms with Gasteiger partial charge in [0.2, 0.25) is 0 Å². The van der Waals surface area contributed by atoms with Crippen LogP contribution >= 0.6 is 11.6 Å². The Hall–Kier alpha value is -1.70. The molecule has 2 aromatic rings. The van der Waals surface area contributed by atoms with E-state index in [9.17, 15) is 9.32 Å². The van der Waals surface area contributed by atoms with Crippen molar-refractivity contribution in [2.24, 2.45) is 0 Å². The van der Waals surface area contributed by atoms with Gasteiger partial charge in [-0.1, -0.05) is 23.7 Å². The van der Waals surface area contributed by atoms with E-state index in [1.54, 1.807) is 0 Å². The van der Waals surface area contributed by atoms with Gasteiger partial charge < -0.3 is 15.3 Å². The van der Waals surface area contributed by atoms with E-state index in [-0.39, 0.29) is 24.6 Å². The minimum absolute atomic E-state index is 0.0271. The molecule has 1 saturated carbocycles. The number of aliphatic hydroxyl groups is 1. The third-order valence-electron chi connectivity index (χ3n) is 6.98. The number of benzene rings is 1. The molecule has 166 valence electrons. The molecule has 0 radical (unpaired) electrons. The maximum absolute atomic E-state index is 15.2. The molecule has 2 aliphatic heterocycles. The number of aliphatic hydroxyl groups excluding tert-OH is 1. The minimum Gasteiger partial charge on any atom is -0.394 e. The van der Waals surface area contributed by atoms with Gasteiger partial charge in [-0.15, -0.1) is 0 Å². The van der Waals surface area contributed by atoms with Gasteiger partial charge in [0.25, 0.3) is 0 Å². The van der Waals surface area contributed by atoms with E-state index in [1.165, 1.54) is 0 Å². The van der Waals surface area contributed by atoms with E-state index in [1.807, 2.05) is 35.2 Å². The Kier molecular flexibility index (Phi) is 5.69. The van der Waals surface area contributed by atoms with Crippen LogP contribution in [0.15, 0.2) is 35.2 Å². The van der Waals surface area contributed by atoms with Crippen molar-refractivity contribution in [3.8, 4) is 0 Å². The second-order valence-electron chi connectivity index (χ2n) is 8.94. The van der Waals surface area contributed by atoms with Crippen molar-refractivity contribution in [2.45, 2.75) is 54.6 Å². The molecule has 5 nitrogen and oxygen atoms in total. The summed E-state index contributed by atoms with van der Waals surface area (Å²) in [4.78, 5) is 7.56. The van der Waals surface area contributed by atoms with Gasteiger partial charge in [-0.25, -0.2) is 9.37 Å². The second kappa shape index (κ2) is 8.34. The first-order valence-corrected chi connectivity index (χ1v) is 12.6. The van der Waals surface area contributed by atoms with Crippen LogP contribution in [0.5, 0.6) is 0 Å². The monoisotopic (exact) mass is 463 g/mol. The highest BCUT2D eigenvalue weighted by Crippen LogP contribution is 2.40. The highest BCUT2D eigenvalue weighted by molar-refractivity contribution is 7.85. The Morgan fingerprint density at radius 1 is 1.32 bits per heavy atom. The summed E-state index contributed by atoms with van der Waals surface area (Å²) in [7, 11) is -1.09. The largest absolute Gasteiger partial charge is 0.394 e. The van der Waals surface area contributed by atoms with Crippen LogP contribution in [0, 0.1) is 0 Å². The predicted octanol–water partition coefficient (Wildman–Crippen LogP) is 4.06. The van der Waals surface area contributed by atoms with Gasteiger partial charge >= 0.3 is 0 Å². The van der Waals surface area contributed by atoms with E-state index in [0.717, 1.165) is 47.5 Å². The lowest BCUT2D eigenvalue weighted by Crippen LogP contribution is -2.49. The molecule has 1 aromatic carbocycles. The number of fused-ring (bicyclic) bond motifs is 1. The summed E-state index contributed by atoms with van der Waals surface area (Å²) >= 11 is 5.98. The third-order valence-corrected chi connectivity index (χ3v) is 8.72. The summed E-state index contributed by atoms with van der Waals surface area (Å²) in [5.74, 6) is 1.77. The van der Waals surface area contributed by atoms with Gasteiger partial charge in [0, 0.05) is 23.2 Å². The van der Waals surface area contributed by atoms with E-state index < -0.39 is 17.0 Å². The van der Waals surface area contributed by atoms with Crippen molar-refractivity contribution >= 4 is 34.0 Å². The zero-order chi connectivity index (χ0) is 21.6. The topological polar surface area (TPSA) is 65.5 Å². The SMILES string of the molecule is O=S1CCc2cc(N3CCC(c4ccc(Cl)cc4)C(F)C3)nc(NC3(CO)CCC3)c21. The van der Waals surface area contributed by atoms with Crippen molar-refractivity contribution in [3.05, 3.63) is 46.5 Å². The van der Waals surface area contributed by atoms with Gasteiger partial charge in [-0.05, 0) is 61.4 Å². The Labute approximate surface area is 189 Å². The van der Waals surface area contributed by atoms with Crippen molar-refractivity contribution in [1.82, 2.24) is 4.98 Å². The molecule has 1 aromatic heterocycles. The molecule has 3 unspecified atom stereocenters. The quantitative estimate of drug-likeness (QED) is 0.700. The molecule has 0 spiro atoms. The molecule has 2 fully saturated rings. The zero-order valence-corrected chi connectivity index (χ0v) is 18.9. The fraction of sp³-hybridized carbons (Fsp3) is 0.522. The van der Waals surface area contributed by atoms with Crippen molar-refractivity contribution < 1.29 is 13.7 Å². The van der Waals surface area contributed by atoms with Crippen LogP contribution < -0.4 is 10.2 Å². The summed E-state index contributed by atoms with van der Waals surface area (Å²) in [5.41, 5.74) is 1.62. The van der Waals surface area contributed by atoms with E-state index in [2.05, 4.69) is 5.32 Å². The summed E-state index contributed by atoms with van der Waals surface area (Å²) in [6, 6.07) is 9.43. The molecular weight excluding hydrogens is 437 g/mol. The molecule has 0 amide bonds. The van der Waals surface area contributed by atoms with Crippen LogP contribution in [-0.2, 0) is 17.2 Å². The lowest BCUT2D eigenvalue weighted by Gasteiger charge is -2.42. The Bertz CT molecular complexity index is 994. The summed E-state index contributed by atoms with van der Waals surface area (Å²) in [6.45, 7) is 0.999.